The Morgan fingerprint density at radius 2 is 1.78 bits per heavy atom. The van der Waals surface area contributed by atoms with E-state index in [1.807, 2.05) is 4.90 Å². The standard InChI is InChI=1S/C23H28F5N5O3S/c1-21(2,3)36-20(34)33(14-4-6-22(24,25)7-5-14)17-12-16(32-8-10-35-11-9-32)30-18(31-17)19-29-15(13-37-19)23(26,27)28/h12-14H,4-11H2,1-3H3. The molecule has 1 amide bonds. The summed E-state index contributed by atoms with van der Waals surface area (Å²) in [6.45, 7) is 6.78. The minimum atomic E-state index is -4.64. The average Bonchev–Trinajstić information content (AvgIpc) is 3.31. The Hall–Kier alpha value is -2.61. The fourth-order valence-corrected chi connectivity index (χ4v) is 4.88. The van der Waals surface area contributed by atoms with Gasteiger partial charge in [0, 0.05) is 43.4 Å². The zero-order valence-electron chi connectivity index (χ0n) is 20.6. The van der Waals surface area contributed by atoms with Gasteiger partial charge in [0.2, 0.25) is 5.92 Å². The van der Waals surface area contributed by atoms with Gasteiger partial charge in [-0.3, -0.25) is 4.90 Å². The van der Waals surface area contributed by atoms with Crippen molar-refractivity contribution in [2.45, 2.75) is 70.2 Å². The third kappa shape index (κ3) is 6.83. The number of aromatic nitrogens is 3. The lowest BCUT2D eigenvalue weighted by Crippen LogP contribution is -2.47. The van der Waals surface area contributed by atoms with Gasteiger partial charge in [-0.2, -0.15) is 13.2 Å². The predicted molar refractivity (Wildman–Crippen MR) is 127 cm³/mol. The van der Waals surface area contributed by atoms with Crippen LogP contribution in [0, 0.1) is 0 Å². The van der Waals surface area contributed by atoms with Gasteiger partial charge in [0.1, 0.15) is 17.2 Å². The highest BCUT2D eigenvalue weighted by molar-refractivity contribution is 7.13. The lowest BCUT2D eigenvalue weighted by Gasteiger charge is -2.37. The number of anilines is 2. The third-order valence-electron chi connectivity index (χ3n) is 5.91. The second-order valence-electron chi connectivity index (χ2n) is 9.98. The molecule has 1 aliphatic heterocycles. The van der Waals surface area contributed by atoms with Crippen LogP contribution in [-0.2, 0) is 15.7 Å². The van der Waals surface area contributed by atoms with Gasteiger partial charge in [0.25, 0.3) is 0 Å². The van der Waals surface area contributed by atoms with E-state index in [9.17, 15) is 26.7 Å². The Bertz CT molecular complexity index is 1100. The highest BCUT2D eigenvalue weighted by Gasteiger charge is 2.41. The summed E-state index contributed by atoms with van der Waals surface area (Å²) in [6, 6.07) is 0.890. The first-order chi connectivity index (χ1) is 17.2. The van der Waals surface area contributed by atoms with Crippen molar-refractivity contribution in [2.75, 3.05) is 36.1 Å². The number of alkyl halides is 5. The van der Waals surface area contributed by atoms with Gasteiger partial charge in [0.15, 0.2) is 16.5 Å². The second kappa shape index (κ2) is 10.3. The van der Waals surface area contributed by atoms with Crippen molar-refractivity contribution in [1.82, 2.24) is 15.0 Å². The molecule has 0 bridgehead atoms. The molecule has 0 unspecified atom stereocenters. The molecule has 1 saturated carbocycles. The summed E-state index contributed by atoms with van der Waals surface area (Å²) < 4.78 is 78.5. The van der Waals surface area contributed by atoms with Gasteiger partial charge in [-0.25, -0.2) is 28.5 Å². The van der Waals surface area contributed by atoms with Crippen molar-refractivity contribution in [3.63, 3.8) is 0 Å². The van der Waals surface area contributed by atoms with E-state index in [4.69, 9.17) is 9.47 Å². The fourth-order valence-electron chi connectivity index (χ4n) is 4.13. The maximum atomic E-state index is 13.9. The lowest BCUT2D eigenvalue weighted by atomic mass is 9.91. The molecule has 0 spiro atoms. The number of morpholine rings is 1. The molecule has 2 aromatic rings. The molecule has 8 nitrogen and oxygen atoms in total. The average molecular weight is 550 g/mol. The summed E-state index contributed by atoms with van der Waals surface area (Å²) in [6.07, 6.45) is -6.23. The molecule has 2 aromatic heterocycles. The number of hydrogen-bond acceptors (Lipinski definition) is 8. The summed E-state index contributed by atoms with van der Waals surface area (Å²) in [4.78, 5) is 29.0. The largest absolute Gasteiger partial charge is 0.443 e. The normalized spacial score (nSPS) is 19.1. The van der Waals surface area contributed by atoms with Crippen LogP contribution in [0.3, 0.4) is 0 Å². The highest BCUT2D eigenvalue weighted by atomic mass is 32.1. The minimum Gasteiger partial charge on any atom is -0.443 e. The molecule has 2 aliphatic rings. The van der Waals surface area contributed by atoms with Crippen LogP contribution in [0.15, 0.2) is 11.4 Å². The van der Waals surface area contributed by atoms with E-state index in [0.29, 0.717) is 32.1 Å². The quantitative estimate of drug-likeness (QED) is 0.448. The van der Waals surface area contributed by atoms with Gasteiger partial charge >= 0.3 is 12.3 Å². The van der Waals surface area contributed by atoms with Crippen molar-refractivity contribution in [1.29, 1.82) is 0 Å². The van der Waals surface area contributed by atoms with Crippen LogP contribution in [0.1, 0.15) is 52.1 Å². The fraction of sp³-hybridized carbons (Fsp3) is 0.652. The number of carbonyl (C=O) groups is 1. The Labute approximate surface area is 214 Å². The predicted octanol–water partition coefficient (Wildman–Crippen LogP) is 5.77. The van der Waals surface area contributed by atoms with E-state index in [1.165, 1.54) is 11.0 Å². The van der Waals surface area contributed by atoms with Gasteiger partial charge in [-0.1, -0.05) is 0 Å². The van der Waals surface area contributed by atoms with Crippen molar-refractivity contribution < 1.29 is 36.2 Å². The first-order valence-electron chi connectivity index (χ1n) is 11.9. The molecule has 3 heterocycles. The molecule has 14 heteroatoms. The van der Waals surface area contributed by atoms with E-state index >= 15 is 0 Å². The Balaban J connectivity index is 1.79. The summed E-state index contributed by atoms with van der Waals surface area (Å²) in [7, 11) is 0. The topological polar surface area (TPSA) is 80.7 Å². The van der Waals surface area contributed by atoms with Gasteiger partial charge in [0.05, 0.1) is 13.2 Å². The van der Waals surface area contributed by atoms with Crippen LogP contribution in [0.25, 0.3) is 10.8 Å². The number of ether oxygens (including phenoxy) is 2. The Kier molecular flexibility index (Phi) is 7.62. The summed E-state index contributed by atoms with van der Waals surface area (Å²) in [5, 5.41) is 0.789. The monoisotopic (exact) mass is 549 g/mol. The number of halogens is 5. The Morgan fingerprint density at radius 1 is 1.14 bits per heavy atom. The molecule has 0 N–H and O–H groups in total. The minimum absolute atomic E-state index is 0.00788. The molecule has 2 fully saturated rings. The van der Waals surface area contributed by atoms with E-state index in [0.717, 1.165) is 16.7 Å². The van der Waals surface area contributed by atoms with Gasteiger partial charge in [-0.05, 0) is 33.6 Å². The molecule has 4 rings (SSSR count). The van der Waals surface area contributed by atoms with Crippen LogP contribution in [0.2, 0.25) is 0 Å². The summed E-state index contributed by atoms with van der Waals surface area (Å²) >= 11 is 0.726. The van der Waals surface area contributed by atoms with E-state index < -0.39 is 48.4 Å². The first-order valence-corrected chi connectivity index (χ1v) is 12.7. The maximum absolute atomic E-state index is 13.9. The van der Waals surface area contributed by atoms with Crippen LogP contribution in [0.5, 0.6) is 0 Å². The Morgan fingerprint density at radius 3 is 2.35 bits per heavy atom. The van der Waals surface area contributed by atoms with Crippen LogP contribution in [-0.4, -0.2) is 64.9 Å². The molecule has 0 aromatic carbocycles. The number of thiazole rings is 1. The smallest absolute Gasteiger partial charge is 0.434 e. The molecular formula is C23H28F5N5O3S. The molecule has 1 aliphatic carbocycles. The van der Waals surface area contributed by atoms with Gasteiger partial charge < -0.3 is 14.4 Å². The van der Waals surface area contributed by atoms with Crippen molar-refractivity contribution in [2.24, 2.45) is 0 Å². The third-order valence-corrected chi connectivity index (χ3v) is 6.75. The molecule has 0 atom stereocenters. The summed E-state index contributed by atoms with van der Waals surface area (Å²) in [5.41, 5.74) is -1.96. The molecule has 1 saturated heterocycles. The van der Waals surface area contributed by atoms with E-state index in [1.54, 1.807) is 20.8 Å². The van der Waals surface area contributed by atoms with Crippen molar-refractivity contribution in [3.8, 4) is 10.8 Å². The van der Waals surface area contributed by atoms with Crippen molar-refractivity contribution in [3.05, 3.63) is 17.1 Å². The second-order valence-corrected chi connectivity index (χ2v) is 10.8. The number of nitrogens with zero attached hydrogens (tertiary/aromatic N) is 5. The summed E-state index contributed by atoms with van der Waals surface area (Å²) in [5.74, 6) is -2.52. The number of amides is 1. The first kappa shape index (κ1) is 27.4. The van der Waals surface area contributed by atoms with Gasteiger partial charge in [-0.15, -0.1) is 11.3 Å². The molecule has 37 heavy (non-hydrogen) atoms. The zero-order chi connectivity index (χ0) is 27.0. The van der Waals surface area contributed by atoms with Crippen LogP contribution < -0.4 is 9.80 Å². The highest BCUT2D eigenvalue weighted by Crippen LogP contribution is 2.38. The zero-order valence-corrected chi connectivity index (χ0v) is 21.5. The van der Waals surface area contributed by atoms with Crippen LogP contribution in [0.4, 0.5) is 38.4 Å². The van der Waals surface area contributed by atoms with Crippen LogP contribution >= 0.6 is 11.3 Å². The molecular weight excluding hydrogens is 521 g/mol. The number of rotatable bonds is 4. The van der Waals surface area contributed by atoms with Crippen molar-refractivity contribution >= 4 is 29.1 Å². The lowest BCUT2D eigenvalue weighted by molar-refractivity contribution is -0.140. The van der Waals surface area contributed by atoms with E-state index in [-0.39, 0.29) is 29.5 Å². The number of hydrogen-bond donors (Lipinski definition) is 0. The number of carbonyl (C=O) groups excluding carboxylic acids is 1. The molecule has 0 radical (unpaired) electrons. The van der Waals surface area contributed by atoms with E-state index in [2.05, 4.69) is 15.0 Å². The maximum Gasteiger partial charge on any atom is 0.434 e. The molecule has 204 valence electrons. The SMILES string of the molecule is CC(C)(C)OC(=O)N(c1cc(N2CCOCC2)nc(-c2nc(C(F)(F)F)cs2)n1)C1CCC(F)(F)CC1.